The molecular formula is C17H15F3O3. The van der Waals surface area contributed by atoms with E-state index in [1.54, 1.807) is 24.3 Å². The van der Waals surface area contributed by atoms with Crippen LogP contribution in [-0.2, 0) is 17.4 Å². The molecule has 0 heterocycles. The Morgan fingerprint density at radius 2 is 1.83 bits per heavy atom. The predicted octanol–water partition coefficient (Wildman–Crippen LogP) is 4.09. The summed E-state index contributed by atoms with van der Waals surface area (Å²) in [7, 11) is 0. The molecule has 0 aromatic heterocycles. The summed E-state index contributed by atoms with van der Waals surface area (Å²) in [6, 6.07) is 11.4. The quantitative estimate of drug-likeness (QED) is 0.901. The lowest BCUT2D eigenvalue weighted by atomic mass is 10.0. The number of carbonyl (C=O) groups is 1. The number of halogens is 3. The molecule has 2 aromatic rings. The number of ether oxygens (including phenoxy) is 1. The number of alkyl halides is 3. The van der Waals surface area contributed by atoms with E-state index < -0.39 is 23.8 Å². The summed E-state index contributed by atoms with van der Waals surface area (Å²) in [5, 5.41) is 9.23. The standard InChI is InChI=1S/C17H15F3O3/c1-11-5-7-14(8-6-11)23-15(16(21)22)10-12-3-2-4-13(9-12)17(18,19)20/h2-9,15H,10H2,1H3,(H,21,22)/t15-/m1/s1. The number of hydrogen-bond donors (Lipinski definition) is 1. The number of hydrogen-bond acceptors (Lipinski definition) is 2. The summed E-state index contributed by atoms with van der Waals surface area (Å²) in [6.45, 7) is 1.88. The molecule has 0 aliphatic rings. The molecule has 0 radical (unpaired) electrons. The molecule has 122 valence electrons. The molecule has 1 atom stereocenters. The van der Waals surface area contributed by atoms with Crippen LogP contribution >= 0.6 is 0 Å². The summed E-state index contributed by atoms with van der Waals surface area (Å²) in [6.07, 6.45) is -5.89. The van der Waals surface area contributed by atoms with Gasteiger partial charge >= 0.3 is 12.1 Å². The Morgan fingerprint density at radius 1 is 1.17 bits per heavy atom. The van der Waals surface area contributed by atoms with E-state index in [-0.39, 0.29) is 12.0 Å². The highest BCUT2D eigenvalue weighted by Crippen LogP contribution is 2.30. The van der Waals surface area contributed by atoms with Crippen LogP contribution in [0.25, 0.3) is 0 Å². The molecular weight excluding hydrogens is 309 g/mol. The lowest BCUT2D eigenvalue weighted by Gasteiger charge is -2.16. The summed E-state index contributed by atoms with van der Waals surface area (Å²) in [4.78, 5) is 11.3. The number of aryl methyl sites for hydroxylation is 1. The van der Waals surface area contributed by atoms with E-state index in [9.17, 15) is 23.1 Å². The first-order valence-electron chi connectivity index (χ1n) is 6.88. The summed E-state index contributed by atoms with van der Waals surface area (Å²) in [5.41, 5.74) is 0.427. The average molecular weight is 324 g/mol. The van der Waals surface area contributed by atoms with Gasteiger partial charge in [-0.2, -0.15) is 13.2 Å². The Balaban J connectivity index is 2.16. The molecule has 0 aliphatic carbocycles. The molecule has 23 heavy (non-hydrogen) atoms. The van der Waals surface area contributed by atoms with Crippen LogP contribution in [0.5, 0.6) is 5.75 Å². The van der Waals surface area contributed by atoms with Crippen molar-refractivity contribution in [3.63, 3.8) is 0 Å². The third-order valence-corrected chi connectivity index (χ3v) is 3.25. The second-order valence-corrected chi connectivity index (χ2v) is 5.16. The number of aliphatic carboxylic acids is 1. The van der Waals surface area contributed by atoms with Crippen LogP contribution in [0.4, 0.5) is 13.2 Å². The van der Waals surface area contributed by atoms with Crippen molar-refractivity contribution in [1.82, 2.24) is 0 Å². The lowest BCUT2D eigenvalue weighted by Crippen LogP contribution is -2.29. The Morgan fingerprint density at radius 3 is 2.39 bits per heavy atom. The van der Waals surface area contributed by atoms with E-state index in [0.29, 0.717) is 5.75 Å². The predicted molar refractivity (Wildman–Crippen MR) is 78.4 cm³/mol. The second kappa shape index (κ2) is 6.73. The maximum atomic E-state index is 12.7. The molecule has 0 amide bonds. The van der Waals surface area contributed by atoms with Crippen molar-refractivity contribution in [3.8, 4) is 5.75 Å². The molecule has 0 saturated heterocycles. The monoisotopic (exact) mass is 324 g/mol. The molecule has 0 bridgehead atoms. The SMILES string of the molecule is Cc1ccc(O[C@H](Cc2cccc(C(F)(F)F)c2)C(=O)O)cc1. The van der Waals surface area contributed by atoms with Crippen LogP contribution in [0, 0.1) is 6.92 Å². The van der Waals surface area contributed by atoms with Gasteiger partial charge in [-0.05, 0) is 30.7 Å². The molecule has 0 spiro atoms. The first kappa shape index (κ1) is 16.9. The van der Waals surface area contributed by atoms with Crippen molar-refractivity contribution in [2.75, 3.05) is 0 Å². The van der Waals surface area contributed by atoms with Gasteiger partial charge in [-0.25, -0.2) is 4.79 Å². The maximum absolute atomic E-state index is 12.7. The van der Waals surface area contributed by atoms with Crippen molar-refractivity contribution < 1.29 is 27.8 Å². The third-order valence-electron chi connectivity index (χ3n) is 3.25. The van der Waals surface area contributed by atoms with Gasteiger partial charge in [0, 0.05) is 6.42 Å². The Bertz CT molecular complexity index is 678. The molecule has 0 unspecified atom stereocenters. The smallest absolute Gasteiger partial charge is 0.416 e. The van der Waals surface area contributed by atoms with Gasteiger partial charge < -0.3 is 9.84 Å². The van der Waals surface area contributed by atoms with Crippen molar-refractivity contribution >= 4 is 5.97 Å². The highest BCUT2D eigenvalue weighted by Gasteiger charge is 2.31. The van der Waals surface area contributed by atoms with Gasteiger partial charge in [0.15, 0.2) is 6.10 Å². The topological polar surface area (TPSA) is 46.5 Å². The van der Waals surface area contributed by atoms with Gasteiger partial charge in [0.1, 0.15) is 5.75 Å². The van der Waals surface area contributed by atoms with E-state index >= 15 is 0 Å². The van der Waals surface area contributed by atoms with E-state index in [2.05, 4.69) is 0 Å². The van der Waals surface area contributed by atoms with Crippen molar-refractivity contribution in [1.29, 1.82) is 0 Å². The van der Waals surface area contributed by atoms with Crippen LogP contribution in [0.2, 0.25) is 0 Å². The zero-order valence-electron chi connectivity index (χ0n) is 12.3. The van der Waals surface area contributed by atoms with E-state index in [4.69, 9.17) is 4.74 Å². The van der Waals surface area contributed by atoms with Gasteiger partial charge in [-0.15, -0.1) is 0 Å². The van der Waals surface area contributed by atoms with Crippen LogP contribution in [-0.4, -0.2) is 17.2 Å². The average Bonchev–Trinajstić information content (AvgIpc) is 2.48. The third kappa shape index (κ3) is 4.74. The number of rotatable bonds is 5. The zero-order valence-corrected chi connectivity index (χ0v) is 12.3. The lowest BCUT2D eigenvalue weighted by molar-refractivity contribution is -0.145. The van der Waals surface area contributed by atoms with Gasteiger partial charge in [0.2, 0.25) is 0 Å². The minimum atomic E-state index is -4.47. The molecule has 1 N–H and O–H groups in total. The minimum Gasteiger partial charge on any atom is -0.478 e. The Labute approximate surface area is 131 Å². The second-order valence-electron chi connectivity index (χ2n) is 5.16. The fourth-order valence-corrected chi connectivity index (χ4v) is 2.05. The fourth-order valence-electron chi connectivity index (χ4n) is 2.05. The Hall–Kier alpha value is -2.50. The first-order chi connectivity index (χ1) is 10.8. The van der Waals surface area contributed by atoms with Crippen LogP contribution in [0.1, 0.15) is 16.7 Å². The molecule has 2 rings (SSSR count). The Kier molecular flexibility index (Phi) is 4.93. The van der Waals surface area contributed by atoms with Gasteiger partial charge in [-0.1, -0.05) is 35.9 Å². The van der Waals surface area contributed by atoms with Crippen molar-refractivity contribution in [2.24, 2.45) is 0 Å². The minimum absolute atomic E-state index is 0.160. The zero-order chi connectivity index (χ0) is 17.0. The fraction of sp³-hybridized carbons (Fsp3) is 0.235. The van der Waals surface area contributed by atoms with Gasteiger partial charge in [0.05, 0.1) is 5.56 Å². The maximum Gasteiger partial charge on any atom is 0.416 e. The van der Waals surface area contributed by atoms with Crippen LogP contribution < -0.4 is 4.74 Å². The van der Waals surface area contributed by atoms with Crippen LogP contribution in [0.15, 0.2) is 48.5 Å². The van der Waals surface area contributed by atoms with Crippen molar-refractivity contribution in [2.45, 2.75) is 25.6 Å². The number of carboxylic acid groups (broad SMARTS) is 1. The molecule has 6 heteroatoms. The summed E-state index contributed by atoms with van der Waals surface area (Å²) < 4.78 is 43.5. The van der Waals surface area contributed by atoms with Crippen LogP contribution in [0.3, 0.4) is 0 Å². The van der Waals surface area contributed by atoms with Gasteiger partial charge in [-0.3, -0.25) is 0 Å². The highest BCUT2D eigenvalue weighted by molar-refractivity contribution is 5.73. The van der Waals surface area contributed by atoms with Gasteiger partial charge in [0.25, 0.3) is 0 Å². The van der Waals surface area contributed by atoms with E-state index in [1.165, 1.54) is 12.1 Å². The molecule has 0 aliphatic heterocycles. The summed E-state index contributed by atoms with van der Waals surface area (Å²) in [5.74, 6) is -0.877. The normalized spacial score (nSPS) is 12.7. The van der Waals surface area contributed by atoms with Crippen molar-refractivity contribution in [3.05, 3.63) is 65.2 Å². The van der Waals surface area contributed by atoms with E-state index in [0.717, 1.165) is 17.7 Å². The molecule has 0 fully saturated rings. The molecule has 0 saturated carbocycles. The first-order valence-corrected chi connectivity index (χ1v) is 6.88. The number of carboxylic acids is 1. The summed E-state index contributed by atoms with van der Waals surface area (Å²) >= 11 is 0. The van der Waals surface area contributed by atoms with E-state index in [1.807, 2.05) is 6.92 Å². The largest absolute Gasteiger partial charge is 0.478 e. The molecule has 3 nitrogen and oxygen atoms in total. The highest BCUT2D eigenvalue weighted by atomic mass is 19.4. The molecule has 2 aromatic carbocycles. The number of benzene rings is 2.